The Morgan fingerprint density at radius 2 is 2.00 bits per heavy atom. The van der Waals surface area contributed by atoms with Crippen molar-refractivity contribution in [2.75, 3.05) is 5.32 Å². The molecule has 0 saturated carbocycles. The van der Waals surface area contributed by atoms with Crippen molar-refractivity contribution in [3.8, 4) is 0 Å². The quantitative estimate of drug-likeness (QED) is 0.856. The lowest BCUT2D eigenvalue weighted by Gasteiger charge is -2.04. The van der Waals surface area contributed by atoms with Gasteiger partial charge in [-0.3, -0.25) is 4.79 Å². The molecule has 2 rings (SSSR count). The lowest BCUT2D eigenvalue weighted by molar-refractivity contribution is 0.103. The number of rotatable bonds is 4. The predicted molar refractivity (Wildman–Crippen MR) is 71.1 cm³/mol. The van der Waals surface area contributed by atoms with Crippen molar-refractivity contribution < 1.29 is 13.2 Å². The first-order chi connectivity index (χ1) is 8.94. The highest BCUT2D eigenvalue weighted by Crippen LogP contribution is 2.13. The Kier molecular flexibility index (Phi) is 3.88. The number of nitrogens with two attached hydrogens (primary N) is 1. The van der Waals surface area contributed by atoms with Crippen molar-refractivity contribution >= 4 is 33.2 Å². The standard InChI is InChI=1S/C10H10N4O3S2/c11-19(16,17)6-7-1-3-8(4-2-7)13-10(15)9-5-12-14-18-9/h1-5H,6H2,(H,13,15)(H2,11,16,17). The van der Waals surface area contributed by atoms with Gasteiger partial charge in [0.25, 0.3) is 5.91 Å². The summed E-state index contributed by atoms with van der Waals surface area (Å²) in [4.78, 5) is 12.1. The van der Waals surface area contributed by atoms with Gasteiger partial charge in [-0.25, -0.2) is 13.6 Å². The molecule has 3 N–H and O–H groups in total. The van der Waals surface area contributed by atoms with Crippen LogP contribution in [0.1, 0.15) is 15.2 Å². The molecule has 0 radical (unpaired) electrons. The van der Waals surface area contributed by atoms with Crippen LogP contribution in [0.4, 0.5) is 5.69 Å². The van der Waals surface area contributed by atoms with Gasteiger partial charge in [-0.1, -0.05) is 16.6 Å². The SMILES string of the molecule is NS(=O)(=O)Cc1ccc(NC(=O)c2cnns2)cc1. The molecule has 0 spiro atoms. The fourth-order valence-electron chi connectivity index (χ4n) is 1.38. The zero-order valence-corrected chi connectivity index (χ0v) is 11.2. The maximum absolute atomic E-state index is 11.7. The molecular formula is C10H10N4O3S2. The largest absolute Gasteiger partial charge is 0.321 e. The molecular weight excluding hydrogens is 288 g/mol. The summed E-state index contributed by atoms with van der Waals surface area (Å²) in [5.41, 5.74) is 1.11. The Labute approximate surface area is 113 Å². The van der Waals surface area contributed by atoms with E-state index >= 15 is 0 Å². The molecule has 0 atom stereocenters. The highest BCUT2D eigenvalue weighted by molar-refractivity contribution is 7.88. The van der Waals surface area contributed by atoms with E-state index in [1.54, 1.807) is 24.3 Å². The smallest absolute Gasteiger partial charge is 0.269 e. The van der Waals surface area contributed by atoms with Crippen LogP contribution in [0, 0.1) is 0 Å². The average Bonchev–Trinajstić information content (AvgIpc) is 2.83. The van der Waals surface area contributed by atoms with E-state index in [-0.39, 0.29) is 11.7 Å². The van der Waals surface area contributed by atoms with Gasteiger partial charge in [0.2, 0.25) is 10.0 Å². The van der Waals surface area contributed by atoms with Gasteiger partial charge in [0.15, 0.2) is 0 Å². The van der Waals surface area contributed by atoms with Crippen molar-refractivity contribution in [3.05, 3.63) is 40.9 Å². The molecule has 0 aliphatic rings. The Hall–Kier alpha value is -1.84. The van der Waals surface area contributed by atoms with Crippen LogP contribution >= 0.6 is 11.5 Å². The summed E-state index contributed by atoms with van der Waals surface area (Å²) in [6.07, 6.45) is 1.37. The first-order valence-corrected chi connectivity index (χ1v) is 7.61. The normalized spacial score (nSPS) is 11.2. The molecule has 100 valence electrons. The summed E-state index contributed by atoms with van der Waals surface area (Å²) in [5, 5.41) is 11.2. The van der Waals surface area contributed by atoms with E-state index in [1.165, 1.54) is 6.20 Å². The predicted octanol–water partition coefficient (Wildman–Crippen LogP) is 0.579. The Bertz CT molecular complexity index is 665. The minimum absolute atomic E-state index is 0.236. The van der Waals surface area contributed by atoms with Crippen molar-refractivity contribution in [2.24, 2.45) is 5.14 Å². The maximum atomic E-state index is 11.7. The molecule has 7 nitrogen and oxygen atoms in total. The van der Waals surface area contributed by atoms with Crippen molar-refractivity contribution in [3.63, 3.8) is 0 Å². The number of primary sulfonamides is 1. The van der Waals surface area contributed by atoms with Crippen LogP contribution in [-0.4, -0.2) is 23.9 Å². The molecule has 0 saturated heterocycles. The van der Waals surface area contributed by atoms with E-state index < -0.39 is 10.0 Å². The second-order valence-corrected chi connectivity index (χ2v) is 6.14. The number of sulfonamides is 1. The summed E-state index contributed by atoms with van der Waals surface area (Å²) >= 11 is 0.992. The van der Waals surface area contributed by atoms with Crippen LogP contribution < -0.4 is 10.5 Å². The van der Waals surface area contributed by atoms with E-state index in [1.807, 2.05) is 0 Å². The summed E-state index contributed by atoms with van der Waals surface area (Å²) in [7, 11) is -3.55. The zero-order chi connectivity index (χ0) is 13.9. The topological polar surface area (TPSA) is 115 Å². The van der Waals surface area contributed by atoms with Gasteiger partial charge in [-0.2, -0.15) is 0 Å². The fourth-order valence-corrected chi connectivity index (χ4v) is 2.44. The molecule has 1 heterocycles. The summed E-state index contributed by atoms with van der Waals surface area (Å²) < 4.78 is 25.4. The molecule has 1 amide bonds. The van der Waals surface area contributed by atoms with Gasteiger partial charge < -0.3 is 5.32 Å². The summed E-state index contributed by atoms with van der Waals surface area (Å²) in [6, 6.07) is 6.38. The molecule has 1 aromatic heterocycles. The van der Waals surface area contributed by atoms with Crippen LogP contribution in [0.3, 0.4) is 0 Å². The minimum Gasteiger partial charge on any atom is -0.321 e. The monoisotopic (exact) mass is 298 g/mol. The molecule has 9 heteroatoms. The molecule has 0 aliphatic carbocycles. The zero-order valence-electron chi connectivity index (χ0n) is 9.61. The lowest BCUT2D eigenvalue weighted by Crippen LogP contribution is -2.14. The van der Waals surface area contributed by atoms with Gasteiger partial charge in [-0.15, -0.1) is 5.10 Å². The highest BCUT2D eigenvalue weighted by Gasteiger charge is 2.09. The van der Waals surface area contributed by atoms with E-state index in [0.717, 1.165) is 11.5 Å². The third-order valence-electron chi connectivity index (χ3n) is 2.16. The third kappa shape index (κ3) is 4.09. The molecule has 1 aromatic carbocycles. The van der Waals surface area contributed by atoms with Gasteiger partial charge >= 0.3 is 0 Å². The van der Waals surface area contributed by atoms with Crippen molar-refractivity contribution in [2.45, 2.75) is 5.75 Å². The van der Waals surface area contributed by atoms with Crippen molar-refractivity contribution in [1.29, 1.82) is 0 Å². The van der Waals surface area contributed by atoms with E-state index in [4.69, 9.17) is 5.14 Å². The minimum atomic E-state index is -3.55. The average molecular weight is 298 g/mol. The lowest BCUT2D eigenvalue weighted by atomic mass is 10.2. The Morgan fingerprint density at radius 1 is 1.32 bits per heavy atom. The van der Waals surface area contributed by atoms with E-state index in [0.29, 0.717) is 16.1 Å². The number of hydrogen-bond acceptors (Lipinski definition) is 6. The second kappa shape index (κ2) is 5.43. The number of benzene rings is 1. The first-order valence-electron chi connectivity index (χ1n) is 5.12. The molecule has 0 unspecified atom stereocenters. The van der Waals surface area contributed by atoms with Crippen LogP contribution in [0.15, 0.2) is 30.5 Å². The van der Waals surface area contributed by atoms with Gasteiger partial charge in [-0.05, 0) is 29.2 Å². The number of aromatic nitrogens is 2. The molecule has 2 aromatic rings. The maximum Gasteiger partial charge on any atom is 0.269 e. The van der Waals surface area contributed by atoms with Crippen LogP contribution in [0.2, 0.25) is 0 Å². The molecule has 19 heavy (non-hydrogen) atoms. The number of carbonyl (C=O) groups is 1. The van der Waals surface area contributed by atoms with Crippen LogP contribution in [-0.2, 0) is 15.8 Å². The summed E-state index contributed by atoms with van der Waals surface area (Å²) in [5.74, 6) is -0.547. The summed E-state index contributed by atoms with van der Waals surface area (Å²) in [6.45, 7) is 0. The fraction of sp³-hybridized carbons (Fsp3) is 0.100. The molecule has 0 fully saturated rings. The highest BCUT2D eigenvalue weighted by atomic mass is 32.2. The van der Waals surface area contributed by atoms with Gasteiger partial charge in [0.1, 0.15) is 4.88 Å². The number of nitrogens with one attached hydrogen (secondary N) is 1. The Morgan fingerprint density at radius 3 is 2.53 bits per heavy atom. The van der Waals surface area contributed by atoms with E-state index in [2.05, 4.69) is 14.9 Å². The number of carbonyl (C=O) groups excluding carboxylic acids is 1. The number of nitrogens with zero attached hydrogens (tertiary/aromatic N) is 2. The third-order valence-corrected chi connectivity index (χ3v) is 3.56. The number of anilines is 1. The second-order valence-electron chi connectivity index (χ2n) is 3.74. The number of amides is 1. The van der Waals surface area contributed by atoms with E-state index in [9.17, 15) is 13.2 Å². The first kappa shape index (κ1) is 13.6. The van der Waals surface area contributed by atoms with Crippen molar-refractivity contribution in [1.82, 2.24) is 9.59 Å². The number of hydrogen-bond donors (Lipinski definition) is 2. The molecule has 0 aliphatic heterocycles. The molecule has 0 bridgehead atoms. The Balaban J connectivity index is 2.05. The van der Waals surface area contributed by atoms with Crippen LogP contribution in [0.25, 0.3) is 0 Å². The van der Waals surface area contributed by atoms with Gasteiger partial charge in [0, 0.05) is 5.69 Å². The van der Waals surface area contributed by atoms with Gasteiger partial charge in [0.05, 0.1) is 11.9 Å². The van der Waals surface area contributed by atoms with Crippen LogP contribution in [0.5, 0.6) is 0 Å².